The first-order valence-corrected chi connectivity index (χ1v) is 9.63. The number of aryl methyl sites for hydroxylation is 3. The molecule has 0 unspecified atom stereocenters. The van der Waals surface area contributed by atoms with Crippen molar-refractivity contribution in [3.8, 4) is 5.75 Å². The van der Waals surface area contributed by atoms with Crippen molar-refractivity contribution in [3.63, 3.8) is 0 Å². The summed E-state index contributed by atoms with van der Waals surface area (Å²) < 4.78 is 7.66. The summed E-state index contributed by atoms with van der Waals surface area (Å²) in [6, 6.07) is 13.1. The molecule has 1 amide bonds. The van der Waals surface area contributed by atoms with E-state index in [1.54, 1.807) is 12.1 Å². The molecule has 6 heteroatoms. The Morgan fingerprint density at radius 1 is 1.18 bits per heavy atom. The van der Waals surface area contributed by atoms with Crippen LogP contribution in [0, 0.1) is 13.8 Å². The van der Waals surface area contributed by atoms with Crippen molar-refractivity contribution in [2.24, 2.45) is 0 Å². The van der Waals surface area contributed by atoms with Crippen molar-refractivity contribution in [2.75, 3.05) is 0 Å². The normalized spacial score (nSPS) is 10.7. The quantitative estimate of drug-likeness (QED) is 0.629. The van der Waals surface area contributed by atoms with Crippen LogP contribution in [0.2, 0.25) is 5.02 Å². The van der Waals surface area contributed by atoms with Gasteiger partial charge in [0.25, 0.3) is 5.91 Å². The van der Waals surface area contributed by atoms with E-state index in [1.807, 2.05) is 62.0 Å². The molecule has 0 fully saturated rings. The summed E-state index contributed by atoms with van der Waals surface area (Å²) in [7, 11) is 0. The molecule has 2 aromatic carbocycles. The highest BCUT2D eigenvalue weighted by Gasteiger charge is 2.09. The maximum absolute atomic E-state index is 12.4. The van der Waals surface area contributed by atoms with Crippen LogP contribution in [0.4, 0.5) is 0 Å². The Hall–Kier alpha value is -2.79. The van der Waals surface area contributed by atoms with E-state index in [2.05, 4.69) is 10.4 Å². The third kappa shape index (κ3) is 4.93. The monoisotopic (exact) mass is 397 g/mol. The topological polar surface area (TPSA) is 56.2 Å². The number of rotatable bonds is 7. The number of carbonyl (C=O) groups excluding carboxylic acids is 1. The minimum Gasteiger partial charge on any atom is -0.487 e. The van der Waals surface area contributed by atoms with Gasteiger partial charge in [0.05, 0.1) is 10.7 Å². The standard InChI is InChI=1S/C22H24ClN3O2/c1-4-26-13-19(16(3)25-26)12-24-22(27)18-8-6-17(7-9-18)14-28-21-11-15(2)5-10-20(21)23/h5-11,13H,4,12,14H2,1-3H3,(H,24,27). The highest BCUT2D eigenvalue weighted by molar-refractivity contribution is 6.32. The zero-order valence-corrected chi connectivity index (χ0v) is 17.1. The number of hydrogen-bond acceptors (Lipinski definition) is 3. The average molecular weight is 398 g/mol. The van der Waals surface area contributed by atoms with Crippen LogP contribution in [-0.4, -0.2) is 15.7 Å². The molecule has 5 nitrogen and oxygen atoms in total. The summed E-state index contributed by atoms with van der Waals surface area (Å²) in [6.07, 6.45) is 1.96. The summed E-state index contributed by atoms with van der Waals surface area (Å²) in [5, 5.41) is 7.92. The Balaban J connectivity index is 1.56. The molecule has 0 saturated heterocycles. The minimum absolute atomic E-state index is 0.113. The molecule has 1 aromatic heterocycles. The smallest absolute Gasteiger partial charge is 0.251 e. The van der Waals surface area contributed by atoms with E-state index in [1.165, 1.54) is 0 Å². The highest BCUT2D eigenvalue weighted by Crippen LogP contribution is 2.26. The summed E-state index contributed by atoms with van der Waals surface area (Å²) in [5.41, 5.74) is 4.62. The van der Waals surface area contributed by atoms with E-state index in [9.17, 15) is 4.79 Å². The van der Waals surface area contributed by atoms with Gasteiger partial charge in [0.15, 0.2) is 0 Å². The van der Waals surface area contributed by atoms with Gasteiger partial charge in [-0.25, -0.2) is 0 Å². The van der Waals surface area contributed by atoms with Crippen LogP contribution in [0.3, 0.4) is 0 Å². The fourth-order valence-electron chi connectivity index (χ4n) is 2.81. The number of hydrogen-bond donors (Lipinski definition) is 1. The van der Waals surface area contributed by atoms with E-state index in [4.69, 9.17) is 16.3 Å². The lowest BCUT2D eigenvalue weighted by Gasteiger charge is -2.10. The number of benzene rings is 2. The molecule has 0 aliphatic heterocycles. The maximum atomic E-state index is 12.4. The lowest BCUT2D eigenvalue weighted by atomic mass is 10.1. The number of nitrogens with one attached hydrogen (secondary N) is 1. The third-order valence-electron chi connectivity index (χ3n) is 4.51. The first kappa shape index (κ1) is 20.0. The van der Waals surface area contributed by atoms with Crippen LogP contribution in [0.5, 0.6) is 5.75 Å². The van der Waals surface area contributed by atoms with E-state index in [0.29, 0.717) is 29.5 Å². The highest BCUT2D eigenvalue weighted by atomic mass is 35.5. The van der Waals surface area contributed by atoms with Gasteiger partial charge in [0.2, 0.25) is 0 Å². The number of carbonyl (C=O) groups is 1. The molecule has 0 atom stereocenters. The van der Waals surface area contributed by atoms with E-state index in [-0.39, 0.29) is 5.91 Å². The van der Waals surface area contributed by atoms with Crippen molar-refractivity contribution in [1.82, 2.24) is 15.1 Å². The summed E-state index contributed by atoms with van der Waals surface area (Å²) >= 11 is 6.15. The zero-order chi connectivity index (χ0) is 20.1. The fraction of sp³-hybridized carbons (Fsp3) is 0.273. The third-order valence-corrected chi connectivity index (χ3v) is 4.82. The van der Waals surface area contributed by atoms with Crippen LogP contribution in [0.1, 0.15) is 39.7 Å². The first-order chi connectivity index (χ1) is 13.5. The van der Waals surface area contributed by atoms with Gasteiger partial charge in [-0.1, -0.05) is 29.8 Å². The lowest BCUT2D eigenvalue weighted by Crippen LogP contribution is -2.22. The van der Waals surface area contributed by atoms with Gasteiger partial charge in [0.1, 0.15) is 12.4 Å². The second-order valence-corrected chi connectivity index (χ2v) is 7.10. The largest absolute Gasteiger partial charge is 0.487 e. The first-order valence-electron chi connectivity index (χ1n) is 9.25. The Labute approximate surface area is 170 Å². The molecule has 0 aliphatic carbocycles. The molecule has 3 rings (SSSR count). The van der Waals surface area contributed by atoms with Crippen LogP contribution in [0.15, 0.2) is 48.7 Å². The van der Waals surface area contributed by atoms with Crippen molar-refractivity contribution >= 4 is 17.5 Å². The molecule has 28 heavy (non-hydrogen) atoms. The van der Waals surface area contributed by atoms with Gasteiger partial charge in [-0.2, -0.15) is 5.10 Å². The molecular weight excluding hydrogens is 374 g/mol. The number of ether oxygens (including phenoxy) is 1. The predicted molar refractivity (Wildman–Crippen MR) is 111 cm³/mol. The zero-order valence-electron chi connectivity index (χ0n) is 16.3. The molecule has 3 aromatic rings. The second kappa shape index (κ2) is 8.93. The van der Waals surface area contributed by atoms with Gasteiger partial charge in [-0.3, -0.25) is 9.48 Å². The molecular formula is C22H24ClN3O2. The molecule has 1 N–H and O–H groups in total. The number of amides is 1. The van der Waals surface area contributed by atoms with Crippen LogP contribution in [-0.2, 0) is 19.7 Å². The number of halogens is 1. The van der Waals surface area contributed by atoms with Crippen LogP contribution < -0.4 is 10.1 Å². The Kier molecular flexibility index (Phi) is 6.37. The van der Waals surface area contributed by atoms with Crippen molar-refractivity contribution in [3.05, 3.63) is 81.6 Å². The van der Waals surface area contributed by atoms with Crippen molar-refractivity contribution in [2.45, 2.75) is 40.5 Å². The molecule has 0 radical (unpaired) electrons. The van der Waals surface area contributed by atoms with E-state index >= 15 is 0 Å². The fourth-order valence-corrected chi connectivity index (χ4v) is 2.98. The van der Waals surface area contributed by atoms with Gasteiger partial charge in [-0.05, 0) is 56.2 Å². The summed E-state index contributed by atoms with van der Waals surface area (Å²) in [4.78, 5) is 12.4. The number of nitrogens with zero attached hydrogens (tertiary/aromatic N) is 2. The minimum atomic E-state index is -0.113. The van der Waals surface area contributed by atoms with Crippen molar-refractivity contribution < 1.29 is 9.53 Å². The average Bonchev–Trinajstić information content (AvgIpc) is 3.07. The SMILES string of the molecule is CCn1cc(CNC(=O)c2ccc(COc3cc(C)ccc3Cl)cc2)c(C)n1. The van der Waals surface area contributed by atoms with Gasteiger partial charge in [-0.15, -0.1) is 0 Å². The maximum Gasteiger partial charge on any atom is 0.251 e. The number of aromatic nitrogens is 2. The van der Waals surface area contributed by atoms with E-state index < -0.39 is 0 Å². The molecule has 146 valence electrons. The second-order valence-electron chi connectivity index (χ2n) is 6.70. The molecule has 0 bridgehead atoms. The van der Waals surface area contributed by atoms with Gasteiger partial charge >= 0.3 is 0 Å². The van der Waals surface area contributed by atoms with Crippen molar-refractivity contribution in [1.29, 1.82) is 0 Å². The summed E-state index contributed by atoms with van der Waals surface area (Å²) in [5.74, 6) is 0.546. The van der Waals surface area contributed by atoms with E-state index in [0.717, 1.165) is 28.9 Å². The van der Waals surface area contributed by atoms with Crippen LogP contribution in [0.25, 0.3) is 0 Å². The van der Waals surface area contributed by atoms with Crippen LogP contribution >= 0.6 is 11.6 Å². The predicted octanol–water partition coefficient (Wildman–Crippen LogP) is 4.68. The van der Waals surface area contributed by atoms with Gasteiger partial charge < -0.3 is 10.1 Å². The Morgan fingerprint density at radius 2 is 1.93 bits per heavy atom. The summed E-state index contributed by atoms with van der Waals surface area (Å²) in [6.45, 7) is 7.63. The molecule has 1 heterocycles. The Morgan fingerprint density at radius 3 is 2.61 bits per heavy atom. The molecule has 0 aliphatic rings. The lowest BCUT2D eigenvalue weighted by molar-refractivity contribution is 0.0951. The van der Waals surface area contributed by atoms with Gasteiger partial charge in [0, 0.05) is 30.4 Å². The molecule has 0 spiro atoms. The molecule has 0 saturated carbocycles. The Bertz CT molecular complexity index is 964.